The second kappa shape index (κ2) is 8.04. The van der Waals surface area contributed by atoms with Crippen LogP contribution in [0, 0.1) is 22.1 Å². The molecular weight excluding hydrogens is 539 g/mol. The number of aldehydes is 1. The molecule has 0 bridgehead atoms. The van der Waals surface area contributed by atoms with Crippen molar-refractivity contribution in [2.24, 2.45) is 0 Å². The quantitative estimate of drug-likeness (QED) is 0.236. The van der Waals surface area contributed by atoms with E-state index in [9.17, 15) is 22.0 Å². The van der Waals surface area contributed by atoms with Gasteiger partial charge in [-0.2, -0.15) is 0 Å². The van der Waals surface area contributed by atoms with Gasteiger partial charge in [0.25, 0.3) is 10.0 Å². The zero-order valence-electron chi connectivity index (χ0n) is 16.0. The Bertz CT molecular complexity index is 1430. The number of carbonyl (C=O) groups excluding carboxylic acids is 1. The van der Waals surface area contributed by atoms with Gasteiger partial charge in [-0.3, -0.25) is 4.79 Å². The Balaban J connectivity index is 1.86. The Hall–Kier alpha value is -2.79. The third-order valence-electron chi connectivity index (χ3n) is 4.71. The van der Waals surface area contributed by atoms with Gasteiger partial charge in [0, 0.05) is 17.6 Å². The Morgan fingerprint density at radius 2 is 1.71 bits per heavy atom. The molecule has 0 spiro atoms. The fourth-order valence-corrected chi connectivity index (χ4v) is 4.97. The Kier molecular flexibility index (Phi) is 5.56. The molecule has 0 aliphatic heterocycles. The van der Waals surface area contributed by atoms with Crippen LogP contribution in [0.1, 0.15) is 15.9 Å². The highest BCUT2D eigenvalue weighted by Crippen LogP contribution is 2.35. The maximum Gasteiger partial charge on any atom is 0.268 e. The molecule has 1 heterocycles. The minimum atomic E-state index is -4.01. The van der Waals surface area contributed by atoms with Crippen LogP contribution in [0.5, 0.6) is 11.5 Å². The third kappa shape index (κ3) is 3.83. The average Bonchev–Trinajstić information content (AvgIpc) is 3.15. The number of ether oxygens (including phenoxy) is 1. The van der Waals surface area contributed by atoms with E-state index >= 15 is 0 Å². The van der Waals surface area contributed by atoms with Crippen LogP contribution in [0.25, 0.3) is 10.9 Å². The second-order valence-electron chi connectivity index (χ2n) is 6.76. The number of benzene rings is 3. The van der Waals surface area contributed by atoms with Gasteiger partial charge in [0.1, 0.15) is 11.6 Å². The van der Waals surface area contributed by atoms with Crippen LogP contribution < -0.4 is 4.74 Å². The van der Waals surface area contributed by atoms with Crippen LogP contribution >= 0.6 is 22.6 Å². The second-order valence-corrected chi connectivity index (χ2v) is 9.74. The maximum atomic E-state index is 15.0. The molecule has 31 heavy (non-hydrogen) atoms. The smallest absolute Gasteiger partial charge is 0.268 e. The molecule has 0 saturated carbocycles. The molecule has 0 N–H and O–H groups in total. The summed E-state index contributed by atoms with van der Waals surface area (Å²) >= 11 is 1.76. The topological polar surface area (TPSA) is 65.4 Å². The fourth-order valence-electron chi connectivity index (χ4n) is 3.14. The minimum absolute atomic E-state index is 0.00112. The van der Waals surface area contributed by atoms with Gasteiger partial charge in [-0.25, -0.2) is 21.2 Å². The predicted octanol–water partition coefficient (Wildman–Crippen LogP) is 5.67. The molecule has 1 aromatic heterocycles. The van der Waals surface area contributed by atoms with Crippen molar-refractivity contribution in [1.82, 2.24) is 3.97 Å². The number of hydrogen-bond donors (Lipinski definition) is 0. The molecule has 0 fully saturated rings. The van der Waals surface area contributed by atoms with E-state index in [4.69, 9.17) is 4.74 Å². The van der Waals surface area contributed by atoms with Crippen molar-refractivity contribution < 1.29 is 26.7 Å². The van der Waals surface area contributed by atoms with Crippen LogP contribution in [0.2, 0.25) is 0 Å². The van der Waals surface area contributed by atoms with E-state index in [1.54, 1.807) is 34.7 Å². The summed E-state index contributed by atoms with van der Waals surface area (Å²) in [5.74, 6) is -1.61. The van der Waals surface area contributed by atoms with Crippen LogP contribution in [-0.2, 0) is 10.0 Å². The molecular formula is C22H14F2INO4S. The summed E-state index contributed by atoms with van der Waals surface area (Å²) in [5, 5.41) is 0.207. The van der Waals surface area contributed by atoms with Gasteiger partial charge < -0.3 is 4.74 Å². The van der Waals surface area contributed by atoms with Gasteiger partial charge in [-0.1, -0.05) is 17.7 Å². The molecule has 0 aliphatic carbocycles. The zero-order chi connectivity index (χ0) is 22.3. The molecule has 158 valence electrons. The highest BCUT2D eigenvalue weighted by molar-refractivity contribution is 14.1. The number of nitrogens with zero attached hydrogens (tertiary/aromatic N) is 1. The van der Waals surface area contributed by atoms with Gasteiger partial charge >= 0.3 is 0 Å². The summed E-state index contributed by atoms with van der Waals surface area (Å²) in [7, 11) is -4.01. The minimum Gasteiger partial charge on any atom is -0.453 e. The molecule has 3 aromatic carbocycles. The van der Waals surface area contributed by atoms with Crippen molar-refractivity contribution in [2.45, 2.75) is 11.8 Å². The number of aromatic nitrogens is 1. The monoisotopic (exact) mass is 553 g/mol. The van der Waals surface area contributed by atoms with E-state index in [-0.39, 0.29) is 36.4 Å². The lowest BCUT2D eigenvalue weighted by molar-refractivity contribution is 0.112. The summed E-state index contributed by atoms with van der Waals surface area (Å²) in [5.41, 5.74) is 0.747. The lowest BCUT2D eigenvalue weighted by atomic mass is 10.1. The number of rotatable bonds is 5. The number of carbonyl (C=O) groups is 1. The van der Waals surface area contributed by atoms with Gasteiger partial charge in [-0.15, -0.1) is 0 Å². The number of aryl methyl sites for hydroxylation is 1. The number of fused-ring (bicyclic) bond motifs is 1. The molecule has 0 unspecified atom stereocenters. The molecule has 5 nitrogen and oxygen atoms in total. The first-order chi connectivity index (χ1) is 14.7. The highest BCUT2D eigenvalue weighted by atomic mass is 127. The van der Waals surface area contributed by atoms with Crippen LogP contribution in [0.3, 0.4) is 0 Å². The summed E-state index contributed by atoms with van der Waals surface area (Å²) in [6.07, 6.45) is 1.66. The summed E-state index contributed by atoms with van der Waals surface area (Å²) in [6, 6.07) is 12.5. The van der Waals surface area contributed by atoms with E-state index in [0.717, 1.165) is 15.6 Å². The van der Waals surface area contributed by atoms with Crippen LogP contribution in [0.4, 0.5) is 8.78 Å². The van der Waals surface area contributed by atoms with Crippen molar-refractivity contribution in [3.05, 3.63) is 87.1 Å². The molecule has 0 radical (unpaired) electrons. The highest BCUT2D eigenvalue weighted by Gasteiger charge is 2.24. The first-order valence-corrected chi connectivity index (χ1v) is 11.5. The van der Waals surface area contributed by atoms with Crippen molar-refractivity contribution >= 4 is 49.8 Å². The molecule has 0 saturated heterocycles. The molecule has 4 rings (SSSR count). The van der Waals surface area contributed by atoms with E-state index in [0.29, 0.717) is 6.29 Å². The third-order valence-corrected chi connectivity index (χ3v) is 7.24. The fraction of sp³-hybridized carbons (Fsp3) is 0.0455. The van der Waals surface area contributed by atoms with Crippen molar-refractivity contribution in [2.75, 3.05) is 0 Å². The van der Waals surface area contributed by atoms with Crippen LogP contribution in [0.15, 0.2) is 65.7 Å². The summed E-state index contributed by atoms with van der Waals surface area (Å²) in [4.78, 5) is 11.8. The van der Waals surface area contributed by atoms with Crippen LogP contribution in [-0.4, -0.2) is 18.7 Å². The van der Waals surface area contributed by atoms with E-state index in [1.807, 2.05) is 6.92 Å². The Labute approximate surface area is 190 Å². The van der Waals surface area contributed by atoms with Gasteiger partial charge in [0.05, 0.1) is 19.5 Å². The normalized spacial score (nSPS) is 11.6. The largest absolute Gasteiger partial charge is 0.453 e. The summed E-state index contributed by atoms with van der Waals surface area (Å²) in [6.45, 7) is 1.83. The number of hydrogen-bond acceptors (Lipinski definition) is 4. The standard InChI is InChI=1S/C22H14F2INO4S/c1-13-2-5-15(6-3-13)31(28,29)26-9-8-16-17(12-27)22(19(24)11-21(16)26)30-14-4-7-18(23)20(25)10-14/h2-12H,1H3. The Morgan fingerprint density at radius 1 is 1.00 bits per heavy atom. The number of halogens is 3. The Morgan fingerprint density at radius 3 is 2.35 bits per heavy atom. The van der Waals surface area contributed by atoms with Gasteiger partial charge in [0.15, 0.2) is 17.9 Å². The maximum absolute atomic E-state index is 15.0. The molecule has 9 heteroatoms. The van der Waals surface area contributed by atoms with Crippen molar-refractivity contribution in [3.63, 3.8) is 0 Å². The van der Waals surface area contributed by atoms with Crippen molar-refractivity contribution in [3.8, 4) is 11.5 Å². The van der Waals surface area contributed by atoms with E-state index in [2.05, 4.69) is 0 Å². The zero-order valence-corrected chi connectivity index (χ0v) is 18.9. The van der Waals surface area contributed by atoms with E-state index in [1.165, 1.54) is 42.6 Å². The van der Waals surface area contributed by atoms with Gasteiger partial charge in [0.2, 0.25) is 0 Å². The lowest BCUT2D eigenvalue weighted by Crippen LogP contribution is -2.12. The summed E-state index contributed by atoms with van der Waals surface area (Å²) < 4.78 is 61.3. The van der Waals surface area contributed by atoms with Gasteiger partial charge in [-0.05, 0) is 65.9 Å². The lowest BCUT2D eigenvalue weighted by Gasteiger charge is -2.12. The molecule has 0 amide bonds. The first kappa shape index (κ1) is 21.4. The molecule has 4 aromatic rings. The predicted molar refractivity (Wildman–Crippen MR) is 120 cm³/mol. The molecule has 0 aliphatic rings. The van der Waals surface area contributed by atoms with E-state index < -0.39 is 21.7 Å². The van der Waals surface area contributed by atoms with Crippen molar-refractivity contribution in [1.29, 1.82) is 0 Å². The molecule has 0 atom stereocenters. The SMILES string of the molecule is Cc1ccc(S(=O)(=O)n2ccc3c(C=O)c(Oc4ccc(F)c(I)c4)c(F)cc32)cc1. The first-order valence-electron chi connectivity index (χ1n) is 8.96. The average molecular weight is 553 g/mol.